The summed E-state index contributed by atoms with van der Waals surface area (Å²) >= 11 is 0. The van der Waals surface area contributed by atoms with Gasteiger partial charge in [0.05, 0.1) is 24.3 Å². The Morgan fingerprint density at radius 2 is 1.65 bits per heavy atom. The molecule has 0 aromatic heterocycles. The third-order valence-electron chi connectivity index (χ3n) is 9.09. The monoisotopic (exact) mass is 657 g/mol. The number of amides is 2. The SMILES string of the molecule is CC(C)(C)OC(=O)N[C@@H](Cc1ccccc1)[C@@H](O)CCC(=O)N(Cc1ccc(OCCN2CCCC2)cc1)[C@H]1c2ccccc2C[C@H]1O. The summed E-state index contributed by atoms with van der Waals surface area (Å²) in [6, 6.07) is 24.1. The van der Waals surface area contributed by atoms with Crippen molar-refractivity contribution in [2.75, 3.05) is 26.2 Å². The molecule has 1 heterocycles. The van der Waals surface area contributed by atoms with Crippen LogP contribution in [0.15, 0.2) is 78.9 Å². The van der Waals surface area contributed by atoms with Crippen molar-refractivity contribution in [2.45, 2.75) is 95.7 Å². The van der Waals surface area contributed by atoms with E-state index in [0.717, 1.165) is 47.6 Å². The molecule has 2 amide bonds. The summed E-state index contributed by atoms with van der Waals surface area (Å²) in [5.74, 6) is 0.601. The van der Waals surface area contributed by atoms with Gasteiger partial charge in [-0.25, -0.2) is 4.79 Å². The van der Waals surface area contributed by atoms with Crippen LogP contribution in [-0.4, -0.2) is 82.1 Å². The predicted octanol–water partition coefficient (Wildman–Crippen LogP) is 5.43. The fraction of sp³-hybridized carbons (Fsp3) is 0.487. The van der Waals surface area contributed by atoms with Crippen LogP contribution in [0.1, 0.15) is 74.8 Å². The van der Waals surface area contributed by atoms with E-state index in [4.69, 9.17) is 9.47 Å². The number of carbonyl (C=O) groups excluding carboxylic acids is 2. The Morgan fingerprint density at radius 3 is 2.35 bits per heavy atom. The normalized spacial score (nSPS) is 18.9. The number of hydrogen-bond acceptors (Lipinski definition) is 7. The molecule has 1 aliphatic carbocycles. The molecule has 3 aromatic carbocycles. The second-order valence-electron chi connectivity index (χ2n) is 14.0. The smallest absolute Gasteiger partial charge is 0.407 e. The first kappa shape index (κ1) is 35.4. The van der Waals surface area contributed by atoms with E-state index in [-0.39, 0.29) is 18.7 Å². The zero-order valence-electron chi connectivity index (χ0n) is 28.5. The highest BCUT2D eigenvalue weighted by molar-refractivity contribution is 5.77. The fourth-order valence-electron chi connectivity index (χ4n) is 6.68. The largest absolute Gasteiger partial charge is 0.492 e. The van der Waals surface area contributed by atoms with Gasteiger partial charge in [-0.15, -0.1) is 0 Å². The molecule has 5 rings (SSSR count). The summed E-state index contributed by atoms with van der Waals surface area (Å²) < 4.78 is 11.5. The van der Waals surface area contributed by atoms with Crippen LogP contribution < -0.4 is 10.1 Å². The van der Waals surface area contributed by atoms with Crippen LogP contribution in [0.25, 0.3) is 0 Å². The van der Waals surface area contributed by atoms with Gasteiger partial charge in [-0.1, -0.05) is 66.7 Å². The van der Waals surface area contributed by atoms with Crippen molar-refractivity contribution in [2.24, 2.45) is 0 Å². The molecule has 0 unspecified atom stereocenters. The molecule has 258 valence electrons. The molecular formula is C39H51N3O6. The number of likely N-dealkylation sites (tertiary alicyclic amines) is 1. The van der Waals surface area contributed by atoms with Crippen LogP contribution in [0.2, 0.25) is 0 Å². The van der Waals surface area contributed by atoms with E-state index in [1.807, 2.05) is 78.9 Å². The zero-order chi connectivity index (χ0) is 34.1. The number of aliphatic hydroxyl groups excluding tert-OH is 2. The van der Waals surface area contributed by atoms with Gasteiger partial charge < -0.3 is 29.9 Å². The highest BCUT2D eigenvalue weighted by Gasteiger charge is 2.38. The van der Waals surface area contributed by atoms with Crippen molar-refractivity contribution in [1.82, 2.24) is 15.1 Å². The molecule has 2 aliphatic rings. The Morgan fingerprint density at radius 1 is 0.958 bits per heavy atom. The molecule has 3 aromatic rings. The zero-order valence-corrected chi connectivity index (χ0v) is 28.5. The fourth-order valence-corrected chi connectivity index (χ4v) is 6.68. The number of carbonyl (C=O) groups is 2. The highest BCUT2D eigenvalue weighted by Crippen LogP contribution is 2.37. The Hall–Kier alpha value is -3.92. The van der Waals surface area contributed by atoms with E-state index in [1.54, 1.807) is 25.7 Å². The van der Waals surface area contributed by atoms with Gasteiger partial charge >= 0.3 is 6.09 Å². The molecule has 9 nitrogen and oxygen atoms in total. The predicted molar refractivity (Wildman–Crippen MR) is 186 cm³/mol. The van der Waals surface area contributed by atoms with Gasteiger partial charge in [-0.3, -0.25) is 9.69 Å². The lowest BCUT2D eigenvalue weighted by Gasteiger charge is -2.33. The number of alkyl carbamates (subject to hydrolysis) is 1. The summed E-state index contributed by atoms with van der Waals surface area (Å²) in [5, 5.41) is 25.4. The maximum atomic E-state index is 14.1. The van der Waals surface area contributed by atoms with Crippen molar-refractivity contribution >= 4 is 12.0 Å². The summed E-state index contributed by atoms with van der Waals surface area (Å²) in [6.07, 6.45) is 1.12. The van der Waals surface area contributed by atoms with Crippen LogP contribution in [0.3, 0.4) is 0 Å². The number of nitrogens with zero attached hydrogens (tertiary/aromatic N) is 2. The third-order valence-corrected chi connectivity index (χ3v) is 9.09. The van der Waals surface area contributed by atoms with Crippen LogP contribution in [-0.2, 0) is 28.9 Å². The molecule has 0 spiro atoms. The van der Waals surface area contributed by atoms with E-state index in [2.05, 4.69) is 10.2 Å². The number of benzene rings is 3. The van der Waals surface area contributed by atoms with Crippen LogP contribution >= 0.6 is 0 Å². The maximum Gasteiger partial charge on any atom is 0.407 e. The first-order valence-corrected chi connectivity index (χ1v) is 17.3. The Labute approximate surface area is 284 Å². The van der Waals surface area contributed by atoms with Gasteiger partial charge in [0.25, 0.3) is 0 Å². The number of ether oxygens (including phenoxy) is 2. The second-order valence-corrected chi connectivity index (χ2v) is 14.0. The summed E-state index contributed by atoms with van der Waals surface area (Å²) in [5.41, 5.74) is 3.13. The summed E-state index contributed by atoms with van der Waals surface area (Å²) in [4.78, 5) is 31.0. The number of fused-ring (bicyclic) bond motifs is 1. The standard InChI is InChI=1S/C39H51N3O6/c1-39(2,3)48-38(46)40-33(25-28-11-5-4-6-12-28)34(43)19-20-36(45)42(37-32-14-8-7-13-30(32)26-35(37)44)27-29-15-17-31(18-16-29)47-24-23-41-21-9-10-22-41/h4-8,11-18,33-35,37,43-44H,9-10,19-27H2,1-3H3,(H,40,46)/t33-,34-,35+,37-/m0/s1. The number of nitrogens with one attached hydrogen (secondary N) is 1. The van der Waals surface area contributed by atoms with E-state index in [9.17, 15) is 19.8 Å². The lowest BCUT2D eigenvalue weighted by atomic mass is 9.97. The molecule has 0 saturated carbocycles. The van der Waals surface area contributed by atoms with E-state index in [1.165, 1.54) is 12.8 Å². The minimum absolute atomic E-state index is 0.0333. The maximum absolute atomic E-state index is 14.1. The van der Waals surface area contributed by atoms with Gasteiger partial charge in [0, 0.05) is 25.9 Å². The van der Waals surface area contributed by atoms with Gasteiger partial charge in [0.15, 0.2) is 0 Å². The average molecular weight is 658 g/mol. The summed E-state index contributed by atoms with van der Waals surface area (Å²) in [6.45, 7) is 9.46. The molecule has 1 aliphatic heterocycles. The van der Waals surface area contributed by atoms with Gasteiger partial charge in [-0.2, -0.15) is 0 Å². The molecule has 1 saturated heterocycles. The van der Waals surface area contributed by atoms with Crippen molar-refractivity contribution in [3.05, 3.63) is 101 Å². The van der Waals surface area contributed by atoms with Crippen LogP contribution in [0.4, 0.5) is 4.79 Å². The van der Waals surface area contributed by atoms with Crippen molar-refractivity contribution in [1.29, 1.82) is 0 Å². The molecular weight excluding hydrogens is 606 g/mol. The molecule has 9 heteroatoms. The van der Waals surface area contributed by atoms with E-state index < -0.39 is 36.0 Å². The first-order chi connectivity index (χ1) is 23.1. The van der Waals surface area contributed by atoms with Crippen molar-refractivity contribution < 1.29 is 29.3 Å². The topological polar surface area (TPSA) is 112 Å². The van der Waals surface area contributed by atoms with Crippen molar-refractivity contribution in [3.8, 4) is 5.75 Å². The average Bonchev–Trinajstić information content (AvgIpc) is 3.69. The number of aliphatic hydroxyl groups is 2. The lowest BCUT2D eigenvalue weighted by Crippen LogP contribution is -2.47. The van der Waals surface area contributed by atoms with E-state index in [0.29, 0.717) is 26.0 Å². The Kier molecular flexibility index (Phi) is 12.1. The minimum Gasteiger partial charge on any atom is -0.492 e. The molecule has 48 heavy (non-hydrogen) atoms. The molecule has 0 bridgehead atoms. The summed E-state index contributed by atoms with van der Waals surface area (Å²) in [7, 11) is 0. The van der Waals surface area contributed by atoms with Crippen molar-refractivity contribution in [3.63, 3.8) is 0 Å². The quantitative estimate of drug-likeness (QED) is 0.212. The molecule has 4 atom stereocenters. The molecule has 0 radical (unpaired) electrons. The lowest BCUT2D eigenvalue weighted by molar-refractivity contribution is -0.137. The molecule has 3 N–H and O–H groups in total. The van der Waals surface area contributed by atoms with Gasteiger partial charge in [0.2, 0.25) is 5.91 Å². The van der Waals surface area contributed by atoms with Crippen LogP contribution in [0.5, 0.6) is 5.75 Å². The van der Waals surface area contributed by atoms with Gasteiger partial charge in [-0.05, 0) is 93.9 Å². The Bertz CT molecular complexity index is 1470. The first-order valence-electron chi connectivity index (χ1n) is 17.3. The second kappa shape index (κ2) is 16.5. The number of rotatable bonds is 14. The molecule has 1 fully saturated rings. The highest BCUT2D eigenvalue weighted by atomic mass is 16.6. The minimum atomic E-state index is -1.01. The van der Waals surface area contributed by atoms with Crippen LogP contribution in [0, 0.1) is 0 Å². The number of hydrogen-bond donors (Lipinski definition) is 3. The van der Waals surface area contributed by atoms with Gasteiger partial charge in [0.1, 0.15) is 18.0 Å². The Balaban J connectivity index is 1.28. The van der Waals surface area contributed by atoms with E-state index >= 15 is 0 Å². The third kappa shape index (κ3) is 10.0.